The van der Waals surface area contributed by atoms with Crippen molar-refractivity contribution in [3.05, 3.63) is 0 Å². The standard InChI is InChI=1S/C17H32N2O2/c1-18(11-5-2-6-13-20)14-17(21)19-12-7-9-15-8-3-4-10-16(15)19/h15-16,20H,2-14H2,1H3. The van der Waals surface area contributed by atoms with E-state index >= 15 is 0 Å². The van der Waals surface area contributed by atoms with Gasteiger partial charge in [-0.15, -0.1) is 0 Å². The molecule has 0 bridgehead atoms. The van der Waals surface area contributed by atoms with Crippen LogP contribution in [-0.2, 0) is 4.79 Å². The number of aliphatic hydroxyl groups excluding tert-OH is 1. The van der Waals surface area contributed by atoms with Crippen molar-refractivity contribution in [1.82, 2.24) is 9.80 Å². The summed E-state index contributed by atoms with van der Waals surface area (Å²) in [4.78, 5) is 16.9. The van der Waals surface area contributed by atoms with Crippen LogP contribution in [0.1, 0.15) is 57.8 Å². The minimum atomic E-state index is 0.277. The average molecular weight is 296 g/mol. The van der Waals surface area contributed by atoms with Crippen LogP contribution in [0.3, 0.4) is 0 Å². The van der Waals surface area contributed by atoms with Crippen molar-refractivity contribution in [3.8, 4) is 0 Å². The fourth-order valence-corrected chi connectivity index (χ4v) is 4.01. The Labute approximate surface area is 129 Å². The molecule has 2 fully saturated rings. The fraction of sp³-hybridized carbons (Fsp3) is 0.941. The summed E-state index contributed by atoms with van der Waals surface area (Å²) < 4.78 is 0. The van der Waals surface area contributed by atoms with Crippen LogP contribution >= 0.6 is 0 Å². The number of hydrogen-bond acceptors (Lipinski definition) is 3. The number of likely N-dealkylation sites (N-methyl/N-ethyl adjacent to an activating group) is 1. The third-order valence-corrected chi connectivity index (χ3v) is 5.17. The molecule has 2 unspecified atom stereocenters. The van der Waals surface area contributed by atoms with Crippen LogP contribution in [-0.4, -0.2) is 60.1 Å². The Morgan fingerprint density at radius 3 is 2.71 bits per heavy atom. The van der Waals surface area contributed by atoms with Crippen molar-refractivity contribution in [2.75, 3.05) is 33.3 Å². The number of carbonyl (C=O) groups excluding carboxylic acids is 1. The molecule has 2 rings (SSSR count). The number of unbranched alkanes of at least 4 members (excludes halogenated alkanes) is 2. The first-order valence-corrected chi connectivity index (χ1v) is 8.81. The number of amides is 1. The number of nitrogens with zero attached hydrogens (tertiary/aromatic N) is 2. The van der Waals surface area contributed by atoms with Gasteiger partial charge in [0, 0.05) is 19.2 Å². The van der Waals surface area contributed by atoms with Gasteiger partial charge in [0.15, 0.2) is 0 Å². The molecule has 122 valence electrons. The van der Waals surface area contributed by atoms with E-state index < -0.39 is 0 Å². The van der Waals surface area contributed by atoms with Crippen molar-refractivity contribution in [3.63, 3.8) is 0 Å². The van der Waals surface area contributed by atoms with E-state index in [1.807, 2.05) is 7.05 Å². The number of likely N-dealkylation sites (tertiary alicyclic amines) is 1. The minimum Gasteiger partial charge on any atom is -0.396 e. The predicted molar refractivity (Wildman–Crippen MR) is 85.1 cm³/mol. The van der Waals surface area contributed by atoms with Crippen LogP contribution in [0, 0.1) is 5.92 Å². The van der Waals surface area contributed by atoms with E-state index in [0.29, 0.717) is 18.5 Å². The Kier molecular flexibility index (Phi) is 6.97. The molecule has 0 spiro atoms. The number of carbonyl (C=O) groups is 1. The molecule has 0 aromatic carbocycles. The van der Waals surface area contributed by atoms with Gasteiger partial charge in [0.25, 0.3) is 0 Å². The van der Waals surface area contributed by atoms with Crippen LogP contribution in [0.2, 0.25) is 0 Å². The highest BCUT2D eigenvalue weighted by Gasteiger charge is 2.35. The molecule has 1 aliphatic heterocycles. The van der Waals surface area contributed by atoms with Crippen molar-refractivity contribution >= 4 is 5.91 Å². The minimum absolute atomic E-state index is 0.277. The Hall–Kier alpha value is -0.610. The zero-order chi connectivity index (χ0) is 15.1. The zero-order valence-corrected chi connectivity index (χ0v) is 13.6. The molecule has 4 nitrogen and oxygen atoms in total. The molecule has 1 heterocycles. The van der Waals surface area contributed by atoms with Crippen LogP contribution in [0.25, 0.3) is 0 Å². The van der Waals surface area contributed by atoms with Gasteiger partial charge in [0.05, 0.1) is 6.54 Å². The maximum atomic E-state index is 12.6. The summed E-state index contributed by atoms with van der Waals surface area (Å²) in [6.07, 6.45) is 10.7. The summed E-state index contributed by atoms with van der Waals surface area (Å²) in [5.74, 6) is 1.10. The van der Waals surface area contributed by atoms with Gasteiger partial charge in [-0.3, -0.25) is 9.69 Å². The Balaban J connectivity index is 1.76. The van der Waals surface area contributed by atoms with E-state index in [-0.39, 0.29) is 6.61 Å². The molecule has 4 heteroatoms. The van der Waals surface area contributed by atoms with Crippen molar-refractivity contribution in [1.29, 1.82) is 0 Å². The lowest BCUT2D eigenvalue weighted by molar-refractivity contribution is -0.138. The molecule has 2 atom stereocenters. The second kappa shape index (κ2) is 8.74. The summed E-state index contributed by atoms with van der Waals surface area (Å²) in [5, 5.41) is 8.78. The lowest BCUT2D eigenvalue weighted by Crippen LogP contribution is -2.52. The van der Waals surface area contributed by atoms with E-state index in [1.165, 1.54) is 38.5 Å². The molecule has 1 aliphatic carbocycles. The van der Waals surface area contributed by atoms with Crippen LogP contribution in [0.4, 0.5) is 0 Å². The topological polar surface area (TPSA) is 43.8 Å². The van der Waals surface area contributed by atoms with Gasteiger partial charge in [0.1, 0.15) is 0 Å². The molecule has 1 saturated heterocycles. The smallest absolute Gasteiger partial charge is 0.236 e. The first kappa shape index (κ1) is 16.8. The van der Waals surface area contributed by atoms with Crippen LogP contribution in [0.5, 0.6) is 0 Å². The van der Waals surface area contributed by atoms with E-state index in [9.17, 15) is 4.79 Å². The van der Waals surface area contributed by atoms with Gasteiger partial charge in [-0.1, -0.05) is 12.8 Å². The van der Waals surface area contributed by atoms with Crippen molar-refractivity contribution in [2.45, 2.75) is 63.8 Å². The Morgan fingerprint density at radius 1 is 1.14 bits per heavy atom. The van der Waals surface area contributed by atoms with Gasteiger partial charge in [0.2, 0.25) is 5.91 Å². The van der Waals surface area contributed by atoms with Crippen LogP contribution in [0.15, 0.2) is 0 Å². The van der Waals surface area contributed by atoms with E-state index in [0.717, 1.165) is 38.3 Å². The zero-order valence-electron chi connectivity index (χ0n) is 13.6. The molecule has 1 saturated carbocycles. The van der Waals surface area contributed by atoms with Gasteiger partial charge in [-0.25, -0.2) is 0 Å². The Morgan fingerprint density at radius 2 is 1.90 bits per heavy atom. The molecule has 0 radical (unpaired) electrons. The largest absolute Gasteiger partial charge is 0.396 e. The van der Waals surface area contributed by atoms with E-state index in [4.69, 9.17) is 5.11 Å². The predicted octanol–water partition coefficient (Wildman–Crippen LogP) is 2.26. The van der Waals surface area contributed by atoms with E-state index in [1.54, 1.807) is 0 Å². The molecular weight excluding hydrogens is 264 g/mol. The van der Waals surface area contributed by atoms with Crippen LogP contribution < -0.4 is 0 Å². The number of rotatable bonds is 7. The summed E-state index contributed by atoms with van der Waals surface area (Å²) in [5.41, 5.74) is 0. The normalized spacial score (nSPS) is 26.0. The maximum absolute atomic E-state index is 12.6. The summed E-state index contributed by atoms with van der Waals surface area (Å²) in [6, 6.07) is 0.530. The van der Waals surface area contributed by atoms with Gasteiger partial charge in [-0.2, -0.15) is 0 Å². The van der Waals surface area contributed by atoms with E-state index in [2.05, 4.69) is 9.80 Å². The molecule has 21 heavy (non-hydrogen) atoms. The third-order valence-electron chi connectivity index (χ3n) is 5.17. The highest BCUT2D eigenvalue weighted by molar-refractivity contribution is 5.78. The molecule has 0 aromatic rings. The monoisotopic (exact) mass is 296 g/mol. The highest BCUT2D eigenvalue weighted by atomic mass is 16.2. The number of aliphatic hydroxyl groups is 1. The second-order valence-corrected chi connectivity index (χ2v) is 6.86. The number of fused-ring (bicyclic) bond motifs is 1. The quantitative estimate of drug-likeness (QED) is 0.733. The van der Waals surface area contributed by atoms with Gasteiger partial charge in [-0.05, 0) is 64.5 Å². The molecule has 0 aromatic heterocycles. The van der Waals surface area contributed by atoms with Gasteiger partial charge >= 0.3 is 0 Å². The first-order chi connectivity index (χ1) is 10.2. The van der Waals surface area contributed by atoms with Gasteiger partial charge < -0.3 is 10.0 Å². The SMILES string of the molecule is CN(CCCCCO)CC(=O)N1CCCC2CCCCC21. The lowest BCUT2D eigenvalue weighted by Gasteiger charge is -2.44. The van der Waals surface area contributed by atoms with Crippen molar-refractivity contribution < 1.29 is 9.90 Å². The lowest BCUT2D eigenvalue weighted by atomic mass is 9.78. The second-order valence-electron chi connectivity index (χ2n) is 6.86. The fourth-order valence-electron chi connectivity index (χ4n) is 4.01. The summed E-state index contributed by atoms with van der Waals surface area (Å²) >= 11 is 0. The number of hydrogen-bond donors (Lipinski definition) is 1. The summed E-state index contributed by atoms with van der Waals surface area (Å²) in [7, 11) is 2.04. The maximum Gasteiger partial charge on any atom is 0.236 e. The number of piperidine rings is 1. The highest BCUT2D eigenvalue weighted by Crippen LogP contribution is 2.35. The Bertz CT molecular complexity index is 320. The molecule has 1 amide bonds. The van der Waals surface area contributed by atoms with Crippen molar-refractivity contribution in [2.24, 2.45) is 5.92 Å². The third kappa shape index (κ3) is 4.96. The summed E-state index contributed by atoms with van der Waals surface area (Å²) in [6.45, 7) is 2.76. The molecule has 2 aliphatic rings. The average Bonchev–Trinajstić information content (AvgIpc) is 2.51. The molecule has 1 N–H and O–H groups in total. The first-order valence-electron chi connectivity index (χ1n) is 8.81. The molecular formula is C17H32N2O2.